The second-order valence-electron chi connectivity index (χ2n) is 8.18. The summed E-state index contributed by atoms with van der Waals surface area (Å²) in [5, 5.41) is 3.63. The average molecular weight is 444 g/mol. The van der Waals surface area contributed by atoms with Crippen LogP contribution in [0.4, 0.5) is 5.69 Å². The van der Waals surface area contributed by atoms with Crippen LogP contribution in [0, 0.1) is 0 Å². The molecule has 6 heteroatoms. The Labute approximate surface area is 190 Å². The number of hydrogen-bond donors (Lipinski definition) is 1. The molecule has 1 N–H and O–H groups in total. The number of hydrogen-bond acceptors (Lipinski definition) is 4. The fraction of sp³-hybridized carbons (Fsp3) is 0.269. The number of carbonyl (C=O) groups is 1. The van der Waals surface area contributed by atoms with Gasteiger partial charge in [-0.1, -0.05) is 49.4 Å². The Morgan fingerprint density at radius 2 is 1.81 bits per heavy atom. The Bertz CT molecular complexity index is 1340. The molecule has 0 aliphatic heterocycles. The van der Waals surface area contributed by atoms with Crippen molar-refractivity contribution in [3.05, 3.63) is 81.0 Å². The summed E-state index contributed by atoms with van der Waals surface area (Å²) in [6.07, 6.45) is 5.10. The van der Waals surface area contributed by atoms with Crippen molar-refractivity contribution in [2.45, 2.75) is 45.6 Å². The number of nitrogens with one attached hydrogen (secondary N) is 1. The van der Waals surface area contributed by atoms with E-state index < -0.39 is 0 Å². The maximum Gasteiger partial charge on any atom is 0.263 e. The van der Waals surface area contributed by atoms with Gasteiger partial charge < -0.3 is 5.32 Å². The quantitative estimate of drug-likeness (QED) is 0.461. The lowest BCUT2D eigenvalue weighted by atomic mass is 9.97. The molecule has 4 aromatic rings. The highest BCUT2D eigenvalue weighted by Gasteiger charge is 2.23. The highest BCUT2D eigenvalue weighted by atomic mass is 32.1. The predicted octanol–water partition coefficient (Wildman–Crippen LogP) is 5.20. The van der Waals surface area contributed by atoms with Gasteiger partial charge in [0.25, 0.3) is 5.56 Å². The van der Waals surface area contributed by atoms with E-state index in [4.69, 9.17) is 4.98 Å². The van der Waals surface area contributed by atoms with Gasteiger partial charge in [-0.05, 0) is 55.4 Å². The molecule has 2 aromatic carbocycles. The van der Waals surface area contributed by atoms with Crippen molar-refractivity contribution in [3.8, 4) is 11.4 Å². The first-order chi connectivity index (χ1) is 15.6. The third-order valence-corrected chi connectivity index (χ3v) is 7.24. The number of amides is 1. The van der Waals surface area contributed by atoms with Crippen molar-refractivity contribution >= 4 is 33.1 Å². The number of nitrogens with zero attached hydrogens (tertiary/aromatic N) is 2. The number of benzene rings is 2. The molecule has 0 radical (unpaired) electrons. The van der Waals surface area contributed by atoms with E-state index in [1.54, 1.807) is 11.3 Å². The standard InChI is InChI=1S/C26H25N3O2S/c1-2-17-12-14-19(15-13-17)27-22(30)16-29-24(18-8-4-3-5-9-18)28-25-23(26(29)31)20-10-6-7-11-21(20)32-25/h3-5,8-9,12-15H,2,6-7,10-11,16H2,1H3,(H,27,30). The summed E-state index contributed by atoms with van der Waals surface area (Å²) in [5.41, 5.74) is 3.78. The Hall–Kier alpha value is -3.25. The van der Waals surface area contributed by atoms with E-state index in [-0.39, 0.29) is 18.0 Å². The SMILES string of the molecule is CCc1ccc(NC(=O)Cn2c(-c3ccccc3)nc3sc4c(c3c2=O)CCCC4)cc1. The monoisotopic (exact) mass is 443 g/mol. The van der Waals surface area contributed by atoms with E-state index in [0.717, 1.165) is 53.7 Å². The molecule has 0 atom stereocenters. The van der Waals surface area contributed by atoms with Gasteiger partial charge in [-0.3, -0.25) is 14.2 Å². The molecule has 0 bridgehead atoms. The summed E-state index contributed by atoms with van der Waals surface area (Å²) in [4.78, 5) is 33.6. The van der Waals surface area contributed by atoms with Gasteiger partial charge in [0.05, 0.1) is 5.39 Å². The maximum absolute atomic E-state index is 13.7. The van der Waals surface area contributed by atoms with Crippen LogP contribution in [0.5, 0.6) is 0 Å². The number of fused-ring (bicyclic) bond motifs is 3. The first-order valence-corrected chi connectivity index (χ1v) is 11.9. The van der Waals surface area contributed by atoms with Gasteiger partial charge in [-0.15, -0.1) is 11.3 Å². The zero-order valence-electron chi connectivity index (χ0n) is 18.1. The van der Waals surface area contributed by atoms with Gasteiger partial charge in [0.15, 0.2) is 0 Å². The van der Waals surface area contributed by atoms with Gasteiger partial charge in [0.2, 0.25) is 5.91 Å². The first kappa shape index (κ1) is 20.6. The van der Waals surface area contributed by atoms with Crippen molar-refractivity contribution in [1.29, 1.82) is 0 Å². The van der Waals surface area contributed by atoms with Gasteiger partial charge in [-0.2, -0.15) is 0 Å². The van der Waals surface area contributed by atoms with Crippen molar-refractivity contribution in [2.75, 3.05) is 5.32 Å². The van der Waals surface area contributed by atoms with Gasteiger partial charge in [0.1, 0.15) is 17.2 Å². The lowest BCUT2D eigenvalue weighted by molar-refractivity contribution is -0.116. The Balaban J connectivity index is 1.57. The molecule has 0 saturated carbocycles. The number of rotatable bonds is 5. The Morgan fingerprint density at radius 1 is 1.06 bits per heavy atom. The van der Waals surface area contributed by atoms with Crippen LogP contribution in [-0.4, -0.2) is 15.5 Å². The molecule has 0 fully saturated rings. The Morgan fingerprint density at radius 3 is 2.56 bits per heavy atom. The van der Waals surface area contributed by atoms with Gasteiger partial charge >= 0.3 is 0 Å². The van der Waals surface area contributed by atoms with Crippen LogP contribution in [0.3, 0.4) is 0 Å². The fourth-order valence-corrected chi connectivity index (χ4v) is 5.61. The molecular formula is C26H25N3O2S. The highest BCUT2D eigenvalue weighted by molar-refractivity contribution is 7.18. The molecule has 0 unspecified atom stereocenters. The van der Waals surface area contributed by atoms with Crippen LogP contribution in [0.2, 0.25) is 0 Å². The minimum atomic E-state index is -0.237. The number of aromatic nitrogens is 2. The van der Waals surface area contributed by atoms with E-state index in [1.807, 2.05) is 54.6 Å². The van der Waals surface area contributed by atoms with Crippen LogP contribution in [0.1, 0.15) is 35.8 Å². The molecule has 1 amide bonds. The van der Waals surface area contributed by atoms with Crippen LogP contribution in [0.25, 0.3) is 21.6 Å². The summed E-state index contributed by atoms with van der Waals surface area (Å²) in [6, 6.07) is 17.4. The van der Waals surface area contributed by atoms with Crippen molar-refractivity contribution < 1.29 is 4.79 Å². The number of thiophene rings is 1. The Kier molecular flexibility index (Phi) is 5.62. The van der Waals surface area contributed by atoms with Crippen LogP contribution in [-0.2, 0) is 30.6 Å². The molecule has 0 saturated heterocycles. The van der Waals surface area contributed by atoms with Gasteiger partial charge in [-0.25, -0.2) is 4.98 Å². The van der Waals surface area contributed by atoms with E-state index in [2.05, 4.69) is 12.2 Å². The summed E-state index contributed by atoms with van der Waals surface area (Å²) < 4.78 is 1.54. The molecule has 5 rings (SSSR count). The molecule has 1 aliphatic rings. The van der Waals surface area contributed by atoms with Crippen molar-refractivity contribution in [3.63, 3.8) is 0 Å². The lowest BCUT2D eigenvalue weighted by Crippen LogP contribution is -2.30. The predicted molar refractivity (Wildman–Crippen MR) is 130 cm³/mol. The van der Waals surface area contributed by atoms with Crippen LogP contribution in [0.15, 0.2) is 59.4 Å². The summed E-state index contributed by atoms with van der Waals surface area (Å²) in [5.74, 6) is 0.303. The molecule has 1 aliphatic carbocycles. The van der Waals surface area contributed by atoms with E-state index in [0.29, 0.717) is 11.2 Å². The van der Waals surface area contributed by atoms with Crippen LogP contribution < -0.4 is 10.9 Å². The summed E-state index contributed by atoms with van der Waals surface area (Å²) >= 11 is 1.63. The minimum Gasteiger partial charge on any atom is -0.325 e. The molecule has 2 heterocycles. The summed E-state index contributed by atoms with van der Waals surface area (Å²) in [6.45, 7) is 2.02. The largest absolute Gasteiger partial charge is 0.325 e. The minimum absolute atomic E-state index is 0.0772. The van der Waals surface area contributed by atoms with Gasteiger partial charge in [0, 0.05) is 16.1 Å². The molecular weight excluding hydrogens is 418 g/mol. The van der Waals surface area contributed by atoms with E-state index in [1.165, 1.54) is 15.0 Å². The van der Waals surface area contributed by atoms with Crippen molar-refractivity contribution in [1.82, 2.24) is 9.55 Å². The number of aryl methyl sites for hydroxylation is 3. The number of carbonyl (C=O) groups excluding carboxylic acids is 1. The van der Waals surface area contributed by atoms with E-state index in [9.17, 15) is 9.59 Å². The first-order valence-electron chi connectivity index (χ1n) is 11.1. The fourth-order valence-electron chi connectivity index (χ4n) is 4.36. The zero-order chi connectivity index (χ0) is 22.1. The smallest absolute Gasteiger partial charge is 0.263 e. The topological polar surface area (TPSA) is 64.0 Å². The molecule has 162 valence electrons. The average Bonchev–Trinajstić information content (AvgIpc) is 3.20. The molecule has 2 aromatic heterocycles. The molecule has 32 heavy (non-hydrogen) atoms. The lowest BCUT2D eigenvalue weighted by Gasteiger charge is -2.14. The second-order valence-corrected chi connectivity index (χ2v) is 9.27. The molecule has 5 nitrogen and oxygen atoms in total. The third kappa shape index (κ3) is 3.86. The third-order valence-electron chi connectivity index (χ3n) is 6.05. The van der Waals surface area contributed by atoms with Crippen LogP contribution >= 0.6 is 11.3 Å². The molecule has 0 spiro atoms. The second kappa shape index (κ2) is 8.71. The van der Waals surface area contributed by atoms with E-state index >= 15 is 0 Å². The number of anilines is 1. The normalized spacial score (nSPS) is 13.2. The van der Waals surface area contributed by atoms with Crippen molar-refractivity contribution in [2.24, 2.45) is 0 Å². The summed E-state index contributed by atoms with van der Waals surface area (Å²) in [7, 11) is 0. The maximum atomic E-state index is 13.7. The highest BCUT2D eigenvalue weighted by Crippen LogP contribution is 2.34. The zero-order valence-corrected chi connectivity index (χ0v) is 18.9.